The first-order valence-electron chi connectivity index (χ1n) is 7.94. The lowest BCUT2D eigenvalue weighted by atomic mass is 10.0. The number of nitrogens with one attached hydrogen (secondary N) is 2. The minimum Gasteiger partial charge on any atom is -0.322 e. The van der Waals surface area contributed by atoms with Gasteiger partial charge in [-0.2, -0.15) is 5.26 Å². The highest BCUT2D eigenvalue weighted by atomic mass is 16.2. The molecule has 0 bridgehead atoms. The number of rotatable bonds is 4. The predicted octanol–water partition coefficient (Wildman–Crippen LogP) is 4.06. The maximum absolute atomic E-state index is 12.5. The molecular weight excluding hydrogens is 326 g/mol. The Morgan fingerprint density at radius 1 is 0.692 bits per heavy atom. The number of nitrogens with zero attached hydrogens (tertiary/aromatic N) is 1. The van der Waals surface area contributed by atoms with Crippen LogP contribution in [0.3, 0.4) is 0 Å². The molecule has 0 heterocycles. The highest BCUT2D eigenvalue weighted by molar-refractivity contribution is 6.09. The van der Waals surface area contributed by atoms with Gasteiger partial charge in [-0.3, -0.25) is 9.59 Å². The van der Waals surface area contributed by atoms with Crippen molar-refractivity contribution in [2.75, 3.05) is 10.6 Å². The van der Waals surface area contributed by atoms with Gasteiger partial charge in [-0.15, -0.1) is 0 Å². The average molecular weight is 341 g/mol. The predicted molar refractivity (Wildman–Crippen MR) is 99.9 cm³/mol. The summed E-state index contributed by atoms with van der Waals surface area (Å²) in [6, 6.07) is 24.3. The van der Waals surface area contributed by atoms with E-state index < -0.39 is 0 Å². The van der Waals surface area contributed by atoms with Crippen LogP contribution in [0.15, 0.2) is 78.9 Å². The summed E-state index contributed by atoms with van der Waals surface area (Å²) in [6.07, 6.45) is 0. The Labute approximate surface area is 150 Å². The number of benzene rings is 3. The van der Waals surface area contributed by atoms with Crippen molar-refractivity contribution in [2.45, 2.75) is 0 Å². The summed E-state index contributed by atoms with van der Waals surface area (Å²) >= 11 is 0. The van der Waals surface area contributed by atoms with Crippen LogP contribution < -0.4 is 10.6 Å². The van der Waals surface area contributed by atoms with Crippen molar-refractivity contribution in [1.29, 1.82) is 5.26 Å². The van der Waals surface area contributed by atoms with E-state index in [-0.39, 0.29) is 28.5 Å². The number of nitriles is 1. The summed E-state index contributed by atoms with van der Waals surface area (Å²) in [4.78, 5) is 24.9. The lowest BCUT2D eigenvalue weighted by Crippen LogP contribution is -2.16. The summed E-state index contributed by atoms with van der Waals surface area (Å²) in [5.74, 6) is -0.774. The van der Waals surface area contributed by atoms with Crippen LogP contribution in [0, 0.1) is 11.3 Å². The second-order valence-electron chi connectivity index (χ2n) is 5.55. The molecule has 3 aromatic carbocycles. The van der Waals surface area contributed by atoms with Gasteiger partial charge in [-0.05, 0) is 42.5 Å². The highest BCUT2D eigenvalue weighted by Crippen LogP contribution is 2.15. The zero-order valence-corrected chi connectivity index (χ0v) is 13.8. The molecule has 126 valence electrons. The van der Waals surface area contributed by atoms with Gasteiger partial charge in [-0.1, -0.05) is 36.4 Å². The molecule has 5 heteroatoms. The van der Waals surface area contributed by atoms with Crippen LogP contribution >= 0.6 is 0 Å². The minimum atomic E-state index is -0.387. The maximum atomic E-state index is 12.5. The lowest BCUT2D eigenvalue weighted by molar-refractivity contribution is 0.102. The Kier molecular flexibility index (Phi) is 5.06. The van der Waals surface area contributed by atoms with Gasteiger partial charge in [0, 0.05) is 22.5 Å². The summed E-state index contributed by atoms with van der Waals surface area (Å²) in [5.41, 5.74) is 1.99. The Morgan fingerprint density at radius 2 is 1.12 bits per heavy atom. The number of amides is 2. The van der Waals surface area contributed by atoms with E-state index in [9.17, 15) is 14.9 Å². The SMILES string of the molecule is N#Cc1cc(C(=O)Nc2ccccc2)cc(C(=O)Nc2ccccc2)c1. The number of hydrogen-bond donors (Lipinski definition) is 2. The molecular formula is C21H15N3O2. The molecule has 0 aliphatic carbocycles. The smallest absolute Gasteiger partial charge is 0.255 e. The molecule has 0 aliphatic rings. The fourth-order valence-electron chi connectivity index (χ4n) is 2.40. The molecule has 0 saturated heterocycles. The van der Waals surface area contributed by atoms with E-state index in [1.165, 1.54) is 18.2 Å². The molecule has 2 N–H and O–H groups in total. The van der Waals surface area contributed by atoms with Crippen molar-refractivity contribution in [1.82, 2.24) is 0 Å². The van der Waals surface area contributed by atoms with E-state index in [0.29, 0.717) is 11.4 Å². The maximum Gasteiger partial charge on any atom is 0.255 e. The third-order valence-corrected chi connectivity index (χ3v) is 3.65. The van der Waals surface area contributed by atoms with E-state index in [0.717, 1.165) is 0 Å². The van der Waals surface area contributed by atoms with Gasteiger partial charge in [0.15, 0.2) is 0 Å². The second kappa shape index (κ2) is 7.77. The van der Waals surface area contributed by atoms with Crippen LogP contribution in [0.4, 0.5) is 11.4 Å². The van der Waals surface area contributed by atoms with E-state index in [4.69, 9.17) is 0 Å². The summed E-state index contributed by atoms with van der Waals surface area (Å²) in [6.45, 7) is 0. The lowest BCUT2D eigenvalue weighted by Gasteiger charge is -2.09. The quantitative estimate of drug-likeness (QED) is 0.750. The Bertz CT molecular complexity index is 905. The van der Waals surface area contributed by atoms with Gasteiger partial charge in [-0.25, -0.2) is 0 Å². The van der Waals surface area contributed by atoms with Crippen molar-refractivity contribution in [3.05, 3.63) is 95.6 Å². The first-order chi connectivity index (χ1) is 12.7. The van der Waals surface area contributed by atoms with Crippen LogP contribution in [-0.4, -0.2) is 11.8 Å². The van der Waals surface area contributed by atoms with E-state index in [2.05, 4.69) is 10.6 Å². The van der Waals surface area contributed by atoms with Crippen LogP contribution in [-0.2, 0) is 0 Å². The van der Waals surface area contributed by atoms with E-state index in [1.807, 2.05) is 18.2 Å². The monoisotopic (exact) mass is 341 g/mol. The Morgan fingerprint density at radius 3 is 1.50 bits per heavy atom. The fourth-order valence-corrected chi connectivity index (χ4v) is 2.40. The molecule has 0 unspecified atom stereocenters. The number of carbonyl (C=O) groups excluding carboxylic acids is 2. The van der Waals surface area contributed by atoms with E-state index in [1.54, 1.807) is 48.5 Å². The molecule has 0 fully saturated rings. The summed E-state index contributed by atoms with van der Waals surface area (Å²) < 4.78 is 0. The first-order valence-corrected chi connectivity index (χ1v) is 7.94. The fraction of sp³-hybridized carbons (Fsp3) is 0. The van der Waals surface area contributed by atoms with Gasteiger partial charge >= 0.3 is 0 Å². The van der Waals surface area contributed by atoms with E-state index >= 15 is 0 Å². The van der Waals surface area contributed by atoms with Crippen LogP contribution in [0.2, 0.25) is 0 Å². The van der Waals surface area contributed by atoms with Gasteiger partial charge in [0.05, 0.1) is 11.6 Å². The summed E-state index contributed by atoms with van der Waals surface area (Å²) in [5, 5.41) is 14.7. The molecule has 26 heavy (non-hydrogen) atoms. The van der Waals surface area contributed by atoms with Crippen LogP contribution in [0.25, 0.3) is 0 Å². The van der Waals surface area contributed by atoms with Crippen LogP contribution in [0.5, 0.6) is 0 Å². The van der Waals surface area contributed by atoms with Crippen molar-refractivity contribution >= 4 is 23.2 Å². The van der Waals surface area contributed by atoms with Crippen molar-refractivity contribution < 1.29 is 9.59 Å². The van der Waals surface area contributed by atoms with Crippen molar-refractivity contribution in [2.24, 2.45) is 0 Å². The van der Waals surface area contributed by atoms with Gasteiger partial charge < -0.3 is 10.6 Å². The number of carbonyl (C=O) groups is 2. The van der Waals surface area contributed by atoms with Crippen LogP contribution in [0.1, 0.15) is 26.3 Å². The number of para-hydroxylation sites is 2. The third kappa shape index (κ3) is 4.13. The first kappa shape index (κ1) is 16.9. The Balaban J connectivity index is 1.85. The number of anilines is 2. The van der Waals surface area contributed by atoms with Gasteiger partial charge in [0.25, 0.3) is 11.8 Å². The highest BCUT2D eigenvalue weighted by Gasteiger charge is 2.13. The minimum absolute atomic E-state index is 0.240. The molecule has 3 rings (SSSR count). The average Bonchev–Trinajstić information content (AvgIpc) is 2.69. The zero-order chi connectivity index (χ0) is 18.4. The van der Waals surface area contributed by atoms with Crippen molar-refractivity contribution in [3.8, 4) is 6.07 Å². The molecule has 0 saturated carbocycles. The zero-order valence-electron chi connectivity index (χ0n) is 13.8. The molecule has 2 amide bonds. The molecule has 0 aliphatic heterocycles. The second-order valence-corrected chi connectivity index (χ2v) is 5.55. The van der Waals surface area contributed by atoms with Gasteiger partial charge in [0.1, 0.15) is 0 Å². The molecule has 0 spiro atoms. The molecule has 0 aromatic heterocycles. The molecule has 5 nitrogen and oxygen atoms in total. The largest absolute Gasteiger partial charge is 0.322 e. The summed E-state index contributed by atoms with van der Waals surface area (Å²) in [7, 11) is 0. The molecule has 0 atom stereocenters. The van der Waals surface area contributed by atoms with Gasteiger partial charge in [0.2, 0.25) is 0 Å². The third-order valence-electron chi connectivity index (χ3n) is 3.65. The standard InChI is InChI=1S/C21H15N3O2/c22-14-15-11-16(20(25)23-18-7-3-1-4-8-18)13-17(12-15)21(26)24-19-9-5-2-6-10-19/h1-13H,(H,23,25)(H,24,26). The number of hydrogen-bond acceptors (Lipinski definition) is 3. The normalized spacial score (nSPS) is 9.81. The Hall–Kier alpha value is -3.91. The van der Waals surface area contributed by atoms with Crippen molar-refractivity contribution in [3.63, 3.8) is 0 Å². The molecule has 3 aromatic rings. The molecule has 0 radical (unpaired) electrons. The topological polar surface area (TPSA) is 82.0 Å².